The molecule has 6 nitrogen and oxygen atoms in total. The first-order valence-corrected chi connectivity index (χ1v) is 6.36. The van der Waals surface area contributed by atoms with Crippen LogP contribution in [0.4, 0.5) is 0 Å². The Morgan fingerprint density at radius 3 is 3.00 bits per heavy atom. The van der Waals surface area contributed by atoms with E-state index >= 15 is 0 Å². The van der Waals surface area contributed by atoms with Gasteiger partial charge >= 0.3 is 0 Å². The summed E-state index contributed by atoms with van der Waals surface area (Å²) in [5.74, 6) is 0.0761. The second kappa shape index (κ2) is 5.16. The van der Waals surface area contributed by atoms with Crippen molar-refractivity contribution in [2.75, 3.05) is 0 Å². The molecule has 0 radical (unpaired) electrons. The standard InChI is InChI=1S/C14H14N4O2/c1-10(15-14(19)13-7-4-8-20-13)9-18-12-6-3-2-5-11(12)16-17-18/h2-8,10H,9H2,1H3,(H,15,19)/t10-/m1/s1. The molecule has 0 spiro atoms. The maximum Gasteiger partial charge on any atom is 0.287 e. The van der Waals surface area contributed by atoms with E-state index in [-0.39, 0.29) is 11.9 Å². The average Bonchev–Trinajstić information content (AvgIpc) is 3.09. The Hall–Kier alpha value is -2.63. The Morgan fingerprint density at radius 2 is 2.20 bits per heavy atom. The molecule has 0 unspecified atom stereocenters. The summed E-state index contributed by atoms with van der Waals surface area (Å²) in [6, 6.07) is 11.0. The highest BCUT2D eigenvalue weighted by atomic mass is 16.3. The van der Waals surface area contributed by atoms with Crippen LogP contribution in [0.1, 0.15) is 17.5 Å². The summed E-state index contributed by atoms with van der Waals surface area (Å²) >= 11 is 0. The van der Waals surface area contributed by atoms with Crippen molar-refractivity contribution in [1.29, 1.82) is 0 Å². The van der Waals surface area contributed by atoms with E-state index in [9.17, 15) is 4.79 Å². The number of furan rings is 1. The number of carbonyl (C=O) groups excluding carboxylic acids is 1. The summed E-state index contributed by atoms with van der Waals surface area (Å²) < 4.78 is 6.83. The number of nitrogens with one attached hydrogen (secondary N) is 1. The first kappa shape index (κ1) is 12.4. The van der Waals surface area contributed by atoms with E-state index in [4.69, 9.17) is 4.42 Å². The first-order valence-electron chi connectivity index (χ1n) is 6.36. The summed E-state index contributed by atoms with van der Waals surface area (Å²) in [4.78, 5) is 11.9. The number of benzene rings is 1. The molecule has 0 saturated carbocycles. The van der Waals surface area contributed by atoms with Crippen molar-refractivity contribution in [2.24, 2.45) is 0 Å². The molecule has 0 aliphatic carbocycles. The van der Waals surface area contributed by atoms with E-state index in [1.54, 1.807) is 16.8 Å². The Balaban J connectivity index is 1.70. The van der Waals surface area contributed by atoms with E-state index in [1.807, 2.05) is 31.2 Å². The molecular formula is C14H14N4O2. The van der Waals surface area contributed by atoms with Gasteiger partial charge < -0.3 is 9.73 Å². The second-order valence-electron chi connectivity index (χ2n) is 4.61. The zero-order valence-corrected chi connectivity index (χ0v) is 11.0. The van der Waals surface area contributed by atoms with Gasteiger partial charge in [0.2, 0.25) is 0 Å². The fourth-order valence-electron chi connectivity index (χ4n) is 2.06. The van der Waals surface area contributed by atoms with Crippen molar-refractivity contribution in [3.8, 4) is 0 Å². The Bertz CT molecular complexity index is 718. The summed E-state index contributed by atoms with van der Waals surface area (Å²) in [7, 11) is 0. The lowest BCUT2D eigenvalue weighted by Crippen LogP contribution is -2.35. The molecule has 2 heterocycles. The van der Waals surface area contributed by atoms with Crippen molar-refractivity contribution in [2.45, 2.75) is 19.5 Å². The van der Waals surface area contributed by atoms with Gasteiger partial charge in [0.1, 0.15) is 5.52 Å². The molecule has 0 aliphatic heterocycles. The molecule has 0 saturated heterocycles. The van der Waals surface area contributed by atoms with Gasteiger partial charge in [0.25, 0.3) is 5.91 Å². The van der Waals surface area contributed by atoms with E-state index in [0.29, 0.717) is 12.3 Å². The van der Waals surface area contributed by atoms with Crippen LogP contribution in [0, 0.1) is 0 Å². The first-order chi connectivity index (χ1) is 9.74. The molecule has 3 aromatic rings. The van der Waals surface area contributed by atoms with E-state index in [1.165, 1.54) is 6.26 Å². The molecule has 6 heteroatoms. The molecule has 0 fully saturated rings. The minimum absolute atomic E-state index is 0.0855. The SMILES string of the molecule is C[C@H](Cn1nnc2ccccc21)NC(=O)c1ccco1. The normalized spacial score (nSPS) is 12.4. The molecule has 1 N–H and O–H groups in total. The van der Waals surface area contributed by atoms with Crippen LogP contribution in [0.3, 0.4) is 0 Å². The predicted octanol–water partition coefficient (Wildman–Crippen LogP) is 1.84. The number of rotatable bonds is 4. The minimum atomic E-state index is -0.230. The lowest BCUT2D eigenvalue weighted by molar-refractivity contribution is 0.0908. The number of hydrogen-bond donors (Lipinski definition) is 1. The molecule has 0 bridgehead atoms. The van der Waals surface area contributed by atoms with Crippen LogP contribution in [-0.4, -0.2) is 26.9 Å². The highest BCUT2D eigenvalue weighted by molar-refractivity contribution is 5.91. The predicted molar refractivity (Wildman–Crippen MR) is 73.2 cm³/mol. The summed E-state index contributed by atoms with van der Waals surface area (Å²) in [6.45, 7) is 2.46. The molecule has 1 atom stereocenters. The zero-order valence-electron chi connectivity index (χ0n) is 11.0. The third-order valence-electron chi connectivity index (χ3n) is 2.99. The van der Waals surface area contributed by atoms with Gasteiger partial charge in [0.05, 0.1) is 18.3 Å². The molecule has 102 valence electrons. The van der Waals surface area contributed by atoms with E-state index in [2.05, 4.69) is 15.6 Å². The molecule has 1 aromatic carbocycles. The number of nitrogens with zero attached hydrogens (tertiary/aromatic N) is 3. The molecular weight excluding hydrogens is 256 g/mol. The van der Waals surface area contributed by atoms with Crippen molar-refractivity contribution >= 4 is 16.9 Å². The highest BCUT2D eigenvalue weighted by Crippen LogP contribution is 2.10. The van der Waals surface area contributed by atoms with Gasteiger partial charge in [-0.3, -0.25) is 4.79 Å². The van der Waals surface area contributed by atoms with Gasteiger partial charge in [0.15, 0.2) is 5.76 Å². The Morgan fingerprint density at radius 1 is 1.35 bits per heavy atom. The van der Waals surface area contributed by atoms with Gasteiger partial charge in [-0.15, -0.1) is 5.10 Å². The molecule has 0 aliphatic rings. The molecule has 1 amide bonds. The minimum Gasteiger partial charge on any atom is -0.459 e. The number of carbonyl (C=O) groups is 1. The van der Waals surface area contributed by atoms with Crippen LogP contribution in [0.15, 0.2) is 47.1 Å². The monoisotopic (exact) mass is 270 g/mol. The topological polar surface area (TPSA) is 73.0 Å². The van der Waals surface area contributed by atoms with Crippen molar-refractivity contribution < 1.29 is 9.21 Å². The van der Waals surface area contributed by atoms with Crippen LogP contribution in [0.25, 0.3) is 11.0 Å². The third kappa shape index (κ3) is 2.40. The number of amides is 1. The third-order valence-corrected chi connectivity index (χ3v) is 2.99. The number of fused-ring (bicyclic) bond motifs is 1. The summed E-state index contributed by atoms with van der Waals surface area (Å²) in [6.07, 6.45) is 1.48. The molecule has 3 rings (SSSR count). The number of hydrogen-bond acceptors (Lipinski definition) is 4. The summed E-state index contributed by atoms with van der Waals surface area (Å²) in [5, 5.41) is 11.0. The maximum absolute atomic E-state index is 11.9. The Kier molecular flexibility index (Phi) is 3.20. The van der Waals surface area contributed by atoms with Crippen LogP contribution < -0.4 is 5.32 Å². The summed E-state index contributed by atoms with van der Waals surface area (Å²) in [5.41, 5.74) is 1.80. The quantitative estimate of drug-likeness (QED) is 0.785. The Labute approximate surface area is 115 Å². The van der Waals surface area contributed by atoms with E-state index in [0.717, 1.165) is 11.0 Å². The average molecular weight is 270 g/mol. The lowest BCUT2D eigenvalue weighted by Gasteiger charge is -2.13. The van der Waals surface area contributed by atoms with E-state index < -0.39 is 0 Å². The van der Waals surface area contributed by atoms with Crippen molar-refractivity contribution in [3.05, 3.63) is 48.4 Å². The number of para-hydroxylation sites is 1. The molecule has 2 aromatic heterocycles. The van der Waals surface area contributed by atoms with Gasteiger partial charge in [0, 0.05) is 6.04 Å². The fourth-order valence-corrected chi connectivity index (χ4v) is 2.06. The van der Waals surface area contributed by atoms with Crippen LogP contribution in [-0.2, 0) is 6.54 Å². The van der Waals surface area contributed by atoms with Crippen LogP contribution in [0.2, 0.25) is 0 Å². The van der Waals surface area contributed by atoms with Crippen LogP contribution in [0.5, 0.6) is 0 Å². The van der Waals surface area contributed by atoms with Gasteiger partial charge in [-0.2, -0.15) is 0 Å². The van der Waals surface area contributed by atoms with Crippen LogP contribution >= 0.6 is 0 Å². The van der Waals surface area contributed by atoms with Crippen molar-refractivity contribution in [3.63, 3.8) is 0 Å². The smallest absolute Gasteiger partial charge is 0.287 e. The maximum atomic E-state index is 11.9. The number of aromatic nitrogens is 3. The molecule has 20 heavy (non-hydrogen) atoms. The van der Waals surface area contributed by atoms with Crippen molar-refractivity contribution in [1.82, 2.24) is 20.3 Å². The van der Waals surface area contributed by atoms with Gasteiger partial charge in [-0.1, -0.05) is 17.3 Å². The van der Waals surface area contributed by atoms with Gasteiger partial charge in [-0.25, -0.2) is 4.68 Å². The van der Waals surface area contributed by atoms with Gasteiger partial charge in [-0.05, 0) is 31.2 Å². The zero-order chi connectivity index (χ0) is 13.9. The highest BCUT2D eigenvalue weighted by Gasteiger charge is 2.13. The lowest BCUT2D eigenvalue weighted by atomic mass is 10.3. The largest absolute Gasteiger partial charge is 0.459 e. The second-order valence-corrected chi connectivity index (χ2v) is 4.61. The fraction of sp³-hybridized carbons (Fsp3) is 0.214.